The van der Waals surface area contributed by atoms with Gasteiger partial charge in [0.1, 0.15) is 22.7 Å². The molecule has 2 spiro atoms. The first-order valence-corrected chi connectivity index (χ1v) is 16.1. The average Bonchev–Trinajstić information content (AvgIpc) is 3.47. The zero-order valence-electron chi connectivity index (χ0n) is 25.0. The number of carboxylic acid groups (broad SMARTS) is 1. The number of halogens is 2. The standard InChI is InChI=1S/C32H38Cl2N6O5/c1-30(11-13-38-27(45-17-35)23-5-3-20(36)16-44-23)7-9-31(10-8-30)32(21-4-2-19(33)15-22(21)39-29(32)43)25(26(40-31)28(41)42)18-6-12-37-24(34)14-18/h2,4,6,12,14-15,17,20,23,25-26,35,40H,3,5,7-11,13,16,36H2,1H3,(H,39,43)(H,41,42)/t20-,23+,25+,26-,30?,31?,32?/m1/s1. The molecule has 1 unspecified atom stereocenters. The van der Waals surface area contributed by atoms with Crippen LogP contribution in [0.5, 0.6) is 0 Å². The van der Waals surface area contributed by atoms with Crippen molar-refractivity contribution >= 4 is 53.1 Å². The largest absolute Gasteiger partial charge is 0.480 e. The lowest BCUT2D eigenvalue weighted by Gasteiger charge is -2.51. The fourth-order valence-electron chi connectivity index (χ4n) is 8.14. The van der Waals surface area contributed by atoms with Gasteiger partial charge in [0.05, 0.1) is 6.61 Å². The zero-order chi connectivity index (χ0) is 32.0. The predicted octanol–water partition coefficient (Wildman–Crippen LogP) is 4.66. The molecular formula is C32H38Cl2N6O5. The van der Waals surface area contributed by atoms with E-state index in [1.165, 1.54) is 0 Å². The Morgan fingerprint density at radius 1 is 1.24 bits per heavy atom. The zero-order valence-corrected chi connectivity index (χ0v) is 26.5. The number of aliphatic imine (C=N–C) groups is 1. The van der Waals surface area contributed by atoms with Crippen LogP contribution in [0.4, 0.5) is 5.69 Å². The van der Waals surface area contributed by atoms with Crippen molar-refractivity contribution in [2.45, 2.75) is 86.9 Å². The predicted molar refractivity (Wildman–Crippen MR) is 171 cm³/mol. The Balaban J connectivity index is 1.32. The summed E-state index contributed by atoms with van der Waals surface area (Å²) in [7, 11) is 0. The van der Waals surface area contributed by atoms with Crippen LogP contribution in [0.15, 0.2) is 41.5 Å². The Morgan fingerprint density at radius 2 is 2.02 bits per heavy atom. The van der Waals surface area contributed by atoms with Gasteiger partial charge in [-0.25, -0.2) is 4.98 Å². The number of benzene rings is 1. The summed E-state index contributed by atoms with van der Waals surface area (Å²) in [6.45, 7) is 3.11. The van der Waals surface area contributed by atoms with E-state index in [1.807, 2.05) is 6.07 Å². The maximum absolute atomic E-state index is 14.4. The second kappa shape index (κ2) is 12.3. The highest BCUT2D eigenvalue weighted by Gasteiger charge is 2.72. The quantitative estimate of drug-likeness (QED) is 0.163. The molecule has 4 heterocycles. The van der Waals surface area contributed by atoms with E-state index in [0.717, 1.165) is 37.6 Å². The molecule has 1 aliphatic carbocycles. The van der Waals surface area contributed by atoms with E-state index in [2.05, 4.69) is 22.5 Å². The molecule has 2 aromatic rings. The third-order valence-corrected chi connectivity index (χ3v) is 10.9. The number of nitrogens with two attached hydrogens (primary N) is 1. The molecule has 0 radical (unpaired) electrons. The number of nitrogens with zero attached hydrogens (tertiary/aromatic N) is 2. The Hall–Kier alpha value is -3.09. The van der Waals surface area contributed by atoms with Gasteiger partial charge in [-0.2, -0.15) is 0 Å². The number of hydrogen-bond acceptors (Lipinski definition) is 9. The lowest BCUT2D eigenvalue weighted by molar-refractivity contribution is -0.139. The number of anilines is 1. The molecule has 1 saturated carbocycles. The number of nitrogens with one attached hydrogen (secondary N) is 3. The first kappa shape index (κ1) is 31.9. The Labute approximate surface area is 271 Å². The van der Waals surface area contributed by atoms with E-state index in [4.69, 9.17) is 48.8 Å². The van der Waals surface area contributed by atoms with Crippen LogP contribution in [0.25, 0.3) is 0 Å². The number of rotatable bonds is 7. The second-order valence-corrected chi connectivity index (χ2v) is 13.9. The van der Waals surface area contributed by atoms with Gasteiger partial charge in [-0.1, -0.05) is 36.2 Å². The maximum atomic E-state index is 14.4. The highest BCUT2D eigenvalue weighted by molar-refractivity contribution is 6.31. The highest BCUT2D eigenvalue weighted by atomic mass is 35.5. The molecular weight excluding hydrogens is 619 g/mol. The summed E-state index contributed by atoms with van der Waals surface area (Å²) < 4.78 is 11.2. The van der Waals surface area contributed by atoms with Crippen molar-refractivity contribution in [3.8, 4) is 0 Å². The molecule has 0 bridgehead atoms. The smallest absolute Gasteiger partial charge is 0.321 e. The molecule has 3 fully saturated rings. The van der Waals surface area contributed by atoms with E-state index >= 15 is 0 Å². The molecule has 1 aromatic carbocycles. The number of ether oxygens (including phenoxy) is 2. The molecule has 6 rings (SSSR count). The summed E-state index contributed by atoms with van der Waals surface area (Å²) in [6, 6.07) is 7.69. The Kier molecular flexibility index (Phi) is 8.68. The number of carboxylic acids is 1. The molecule has 1 amide bonds. The van der Waals surface area contributed by atoms with Gasteiger partial charge >= 0.3 is 5.97 Å². The van der Waals surface area contributed by atoms with Crippen LogP contribution in [0.3, 0.4) is 0 Å². The van der Waals surface area contributed by atoms with Gasteiger partial charge in [0, 0.05) is 41.0 Å². The van der Waals surface area contributed by atoms with Crippen molar-refractivity contribution in [1.29, 1.82) is 5.41 Å². The molecule has 4 aliphatic rings. The molecule has 13 heteroatoms. The normalized spacial score (nSPS) is 34.5. The summed E-state index contributed by atoms with van der Waals surface area (Å²) in [5, 5.41) is 25.3. The van der Waals surface area contributed by atoms with Gasteiger partial charge in [0.2, 0.25) is 11.8 Å². The van der Waals surface area contributed by atoms with Crippen LogP contribution < -0.4 is 16.4 Å². The van der Waals surface area contributed by atoms with Crippen molar-refractivity contribution < 1.29 is 24.2 Å². The first-order valence-electron chi connectivity index (χ1n) is 15.3. The SMILES string of the molecule is CC1(CCN=C(OC=N)[C@@H]2CC[C@@H](N)CO2)CCC2(CC1)N[C@@H](C(=O)O)[C@H](c1ccnc(Cl)c1)C21C(=O)Nc2cc(Cl)ccc21. The molecule has 45 heavy (non-hydrogen) atoms. The lowest BCUT2D eigenvalue weighted by atomic mass is 9.53. The Morgan fingerprint density at radius 3 is 2.69 bits per heavy atom. The van der Waals surface area contributed by atoms with Crippen LogP contribution in [0.1, 0.15) is 68.9 Å². The average molecular weight is 658 g/mol. The number of amides is 1. The van der Waals surface area contributed by atoms with E-state index in [9.17, 15) is 14.7 Å². The Bertz CT molecular complexity index is 1520. The number of aliphatic carboxylic acids is 1. The molecule has 2 saturated heterocycles. The van der Waals surface area contributed by atoms with Crippen molar-refractivity contribution in [2.75, 3.05) is 18.5 Å². The fraction of sp³-hybridized carbons (Fsp3) is 0.531. The monoisotopic (exact) mass is 656 g/mol. The summed E-state index contributed by atoms with van der Waals surface area (Å²) in [4.78, 5) is 36.1. The van der Waals surface area contributed by atoms with Crippen LogP contribution in [0.2, 0.25) is 10.2 Å². The molecule has 11 nitrogen and oxygen atoms in total. The lowest BCUT2D eigenvalue weighted by Crippen LogP contribution is -2.61. The van der Waals surface area contributed by atoms with E-state index in [0.29, 0.717) is 54.6 Å². The number of carbonyl (C=O) groups excluding carboxylic acids is 1. The number of aromatic nitrogens is 1. The van der Waals surface area contributed by atoms with E-state index in [1.54, 1.807) is 30.5 Å². The van der Waals surface area contributed by atoms with Crippen LogP contribution >= 0.6 is 23.2 Å². The maximum Gasteiger partial charge on any atom is 0.321 e. The van der Waals surface area contributed by atoms with Gasteiger partial charge in [-0.3, -0.25) is 25.3 Å². The minimum atomic E-state index is -1.23. The highest BCUT2D eigenvalue weighted by Crippen LogP contribution is 2.64. The fourth-order valence-corrected chi connectivity index (χ4v) is 8.49. The summed E-state index contributed by atoms with van der Waals surface area (Å²) in [5.74, 6) is -1.64. The van der Waals surface area contributed by atoms with Crippen molar-refractivity contribution in [1.82, 2.24) is 10.3 Å². The van der Waals surface area contributed by atoms with Gasteiger partial charge in [0.25, 0.3) is 0 Å². The van der Waals surface area contributed by atoms with Crippen LogP contribution in [-0.4, -0.2) is 71.1 Å². The third kappa shape index (κ3) is 5.52. The van der Waals surface area contributed by atoms with E-state index in [-0.39, 0.29) is 28.6 Å². The topological polar surface area (TPSA) is 172 Å². The summed E-state index contributed by atoms with van der Waals surface area (Å²) in [5.41, 5.74) is 5.72. The van der Waals surface area contributed by atoms with Crippen molar-refractivity contribution in [3.05, 3.63) is 57.8 Å². The van der Waals surface area contributed by atoms with Crippen molar-refractivity contribution in [3.63, 3.8) is 0 Å². The second-order valence-electron chi connectivity index (χ2n) is 13.1. The number of hydrogen-bond donors (Lipinski definition) is 5. The number of pyridine rings is 1. The first-order chi connectivity index (χ1) is 21.5. The van der Waals surface area contributed by atoms with Crippen LogP contribution in [0, 0.1) is 10.8 Å². The van der Waals surface area contributed by atoms with Crippen molar-refractivity contribution in [2.24, 2.45) is 16.1 Å². The number of carbonyl (C=O) groups is 2. The summed E-state index contributed by atoms with van der Waals surface area (Å²) >= 11 is 12.7. The minimum absolute atomic E-state index is 0.00907. The van der Waals surface area contributed by atoms with Gasteiger partial charge in [-0.15, -0.1) is 0 Å². The van der Waals surface area contributed by atoms with E-state index < -0.39 is 28.9 Å². The van der Waals surface area contributed by atoms with Crippen LogP contribution in [-0.2, 0) is 24.5 Å². The minimum Gasteiger partial charge on any atom is -0.480 e. The van der Waals surface area contributed by atoms with Gasteiger partial charge in [0.15, 0.2) is 6.40 Å². The molecule has 1 aromatic heterocycles. The third-order valence-electron chi connectivity index (χ3n) is 10.4. The summed E-state index contributed by atoms with van der Waals surface area (Å²) in [6.07, 6.45) is 6.93. The molecule has 5 atom stereocenters. The van der Waals surface area contributed by atoms with Gasteiger partial charge in [-0.05, 0) is 85.8 Å². The molecule has 3 aliphatic heterocycles. The number of fused-ring (bicyclic) bond motifs is 3. The molecule has 240 valence electrons. The van der Waals surface area contributed by atoms with Gasteiger partial charge < -0.3 is 25.6 Å². The molecule has 6 N–H and O–H groups in total.